The quantitative estimate of drug-likeness (QED) is 0.730. The molecule has 3 rings (SSSR count). The van der Waals surface area contributed by atoms with Crippen molar-refractivity contribution in [1.29, 1.82) is 0 Å². The summed E-state index contributed by atoms with van der Waals surface area (Å²) in [6, 6.07) is 4.09. The van der Waals surface area contributed by atoms with Crippen molar-refractivity contribution < 1.29 is 0 Å². The van der Waals surface area contributed by atoms with Crippen molar-refractivity contribution in [2.24, 2.45) is 5.92 Å². The second-order valence-corrected chi connectivity index (χ2v) is 4.65. The van der Waals surface area contributed by atoms with Gasteiger partial charge in [0.2, 0.25) is 0 Å². The van der Waals surface area contributed by atoms with Gasteiger partial charge in [0.05, 0.1) is 0 Å². The molecule has 3 nitrogen and oxygen atoms in total. The molecule has 2 aromatic rings. The maximum atomic E-state index is 6.14. The molecule has 2 heterocycles. The van der Waals surface area contributed by atoms with E-state index in [4.69, 9.17) is 11.6 Å². The molecule has 0 bridgehead atoms. The smallest absolute Gasteiger partial charge is 0.157 e. The molecular formula is C11H12ClN3. The predicted octanol–water partition coefficient (Wildman–Crippen LogP) is 2.64. The average Bonchev–Trinajstić information content (AvgIpc) is 2.87. The Morgan fingerprint density at radius 1 is 1.47 bits per heavy atom. The van der Waals surface area contributed by atoms with Crippen molar-refractivity contribution in [3.63, 3.8) is 0 Å². The highest BCUT2D eigenvalue weighted by molar-refractivity contribution is 6.29. The van der Waals surface area contributed by atoms with E-state index >= 15 is 0 Å². The van der Waals surface area contributed by atoms with E-state index in [1.54, 1.807) is 4.52 Å². The largest absolute Gasteiger partial charge is 0.212 e. The van der Waals surface area contributed by atoms with Gasteiger partial charge in [-0.2, -0.15) is 5.10 Å². The maximum absolute atomic E-state index is 6.14. The molecule has 0 radical (unpaired) electrons. The van der Waals surface area contributed by atoms with Crippen LogP contribution in [0.3, 0.4) is 0 Å². The molecule has 0 spiro atoms. The monoisotopic (exact) mass is 221 g/mol. The van der Waals surface area contributed by atoms with Crippen LogP contribution >= 0.6 is 11.6 Å². The highest BCUT2D eigenvalue weighted by Gasteiger charge is 2.22. The fourth-order valence-corrected chi connectivity index (χ4v) is 2.14. The molecule has 0 amide bonds. The second kappa shape index (κ2) is 3.20. The average molecular weight is 222 g/mol. The first-order valence-electron chi connectivity index (χ1n) is 5.24. The van der Waals surface area contributed by atoms with Crippen LogP contribution in [0.15, 0.2) is 12.1 Å². The summed E-state index contributed by atoms with van der Waals surface area (Å²) in [4.78, 5) is 4.33. The van der Waals surface area contributed by atoms with E-state index < -0.39 is 0 Å². The fourth-order valence-electron chi connectivity index (χ4n) is 1.88. The molecular weight excluding hydrogens is 210 g/mol. The van der Waals surface area contributed by atoms with Crippen molar-refractivity contribution in [1.82, 2.24) is 14.6 Å². The zero-order valence-electron chi connectivity index (χ0n) is 8.57. The van der Waals surface area contributed by atoms with Gasteiger partial charge in [-0.3, -0.25) is 0 Å². The van der Waals surface area contributed by atoms with Gasteiger partial charge in [0.15, 0.2) is 5.65 Å². The minimum absolute atomic E-state index is 0.656. The molecule has 0 N–H and O–H groups in total. The Morgan fingerprint density at radius 2 is 2.27 bits per heavy atom. The molecule has 0 aromatic carbocycles. The zero-order valence-corrected chi connectivity index (χ0v) is 9.33. The molecule has 78 valence electrons. The predicted molar refractivity (Wildman–Crippen MR) is 59.2 cm³/mol. The van der Waals surface area contributed by atoms with Crippen LogP contribution in [0, 0.1) is 12.8 Å². The minimum atomic E-state index is 0.656. The number of aryl methyl sites for hydroxylation is 1. The number of fused-ring (bicyclic) bond motifs is 1. The molecule has 1 aliphatic rings. The van der Waals surface area contributed by atoms with E-state index in [1.165, 1.54) is 18.4 Å². The number of nitrogens with zero attached hydrogens (tertiary/aromatic N) is 3. The number of pyridine rings is 1. The van der Waals surface area contributed by atoms with Gasteiger partial charge >= 0.3 is 0 Å². The summed E-state index contributed by atoms with van der Waals surface area (Å²) in [6.45, 7) is 1.88. The highest BCUT2D eigenvalue weighted by Crippen LogP contribution is 2.33. The third-order valence-corrected chi connectivity index (χ3v) is 3.05. The molecule has 0 saturated heterocycles. The molecule has 1 aliphatic carbocycles. The molecule has 2 aromatic heterocycles. The van der Waals surface area contributed by atoms with Gasteiger partial charge in [0.25, 0.3) is 0 Å². The summed E-state index contributed by atoms with van der Waals surface area (Å²) in [5.74, 6) is 1.63. The molecule has 0 atom stereocenters. The van der Waals surface area contributed by atoms with Crippen LogP contribution in [-0.2, 0) is 6.42 Å². The first-order valence-corrected chi connectivity index (χ1v) is 5.62. The molecule has 1 saturated carbocycles. The van der Waals surface area contributed by atoms with E-state index in [2.05, 4.69) is 16.1 Å². The zero-order chi connectivity index (χ0) is 10.4. The Balaban J connectivity index is 2.08. The van der Waals surface area contributed by atoms with Crippen LogP contribution < -0.4 is 0 Å². The SMILES string of the molecule is Cc1nc2cc(CC3CC3)cc(Cl)n2n1. The summed E-state index contributed by atoms with van der Waals surface area (Å²) in [5, 5.41) is 4.88. The summed E-state index contributed by atoms with van der Waals surface area (Å²) < 4.78 is 1.69. The third-order valence-electron chi connectivity index (χ3n) is 2.78. The van der Waals surface area contributed by atoms with E-state index in [9.17, 15) is 0 Å². The van der Waals surface area contributed by atoms with Crippen LogP contribution in [0.5, 0.6) is 0 Å². The van der Waals surface area contributed by atoms with Gasteiger partial charge in [-0.05, 0) is 49.8 Å². The molecule has 0 aliphatic heterocycles. The number of aromatic nitrogens is 3. The van der Waals surface area contributed by atoms with Gasteiger partial charge in [0.1, 0.15) is 11.0 Å². The summed E-state index contributed by atoms with van der Waals surface area (Å²) in [7, 11) is 0. The van der Waals surface area contributed by atoms with Gasteiger partial charge in [0, 0.05) is 0 Å². The van der Waals surface area contributed by atoms with Crippen LogP contribution in [0.2, 0.25) is 5.15 Å². The number of hydrogen-bond acceptors (Lipinski definition) is 2. The van der Waals surface area contributed by atoms with Gasteiger partial charge in [-0.15, -0.1) is 0 Å². The highest BCUT2D eigenvalue weighted by atomic mass is 35.5. The molecule has 15 heavy (non-hydrogen) atoms. The first kappa shape index (κ1) is 9.16. The topological polar surface area (TPSA) is 30.2 Å². The van der Waals surface area contributed by atoms with Crippen molar-refractivity contribution in [3.05, 3.63) is 28.7 Å². The second-order valence-electron chi connectivity index (χ2n) is 4.26. The summed E-state index contributed by atoms with van der Waals surface area (Å²) >= 11 is 6.14. The van der Waals surface area contributed by atoms with Crippen LogP contribution in [-0.4, -0.2) is 14.6 Å². The van der Waals surface area contributed by atoms with E-state index in [0.29, 0.717) is 5.15 Å². The Hall–Kier alpha value is -1.09. The third kappa shape index (κ3) is 1.72. The lowest BCUT2D eigenvalue weighted by atomic mass is 10.1. The van der Waals surface area contributed by atoms with Crippen molar-refractivity contribution in [3.8, 4) is 0 Å². The van der Waals surface area contributed by atoms with Crippen LogP contribution in [0.1, 0.15) is 24.2 Å². The molecule has 1 fully saturated rings. The van der Waals surface area contributed by atoms with Gasteiger partial charge in [-0.1, -0.05) is 11.6 Å². The Bertz CT molecular complexity index is 514. The minimum Gasteiger partial charge on any atom is -0.212 e. The number of rotatable bonds is 2. The lowest BCUT2D eigenvalue weighted by Crippen LogP contribution is -1.94. The van der Waals surface area contributed by atoms with Crippen molar-refractivity contribution in [2.75, 3.05) is 0 Å². The summed E-state index contributed by atoms with van der Waals surface area (Å²) in [6.07, 6.45) is 3.84. The molecule has 0 unspecified atom stereocenters. The number of halogens is 1. The molecule has 4 heteroatoms. The standard InChI is InChI=1S/C11H12ClN3/c1-7-13-11-6-9(4-8-2-3-8)5-10(12)15(11)14-7/h5-6,8H,2-4H2,1H3. The van der Waals surface area contributed by atoms with Gasteiger partial charge < -0.3 is 0 Å². The fraction of sp³-hybridized carbons (Fsp3) is 0.455. The normalized spacial score (nSPS) is 16.1. The lowest BCUT2D eigenvalue weighted by molar-refractivity contribution is 0.826. The Morgan fingerprint density at radius 3 is 3.00 bits per heavy atom. The Labute approximate surface area is 93.1 Å². The van der Waals surface area contributed by atoms with E-state index in [1.807, 2.05) is 13.0 Å². The first-order chi connectivity index (χ1) is 7.22. The van der Waals surface area contributed by atoms with Crippen LogP contribution in [0.4, 0.5) is 0 Å². The number of hydrogen-bond donors (Lipinski definition) is 0. The van der Waals surface area contributed by atoms with E-state index in [-0.39, 0.29) is 0 Å². The van der Waals surface area contributed by atoms with Crippen LogP contribution in [0.25, 0.3) is 5.65 Å². The van der Waals surface area contributed by atoms with Crippen molar-refractivity contribution in [2.45, 2.75) is 26.2 Å². The Kier molecular flexibility index (Phi) is 1.96. The lowest BCUT2D eigenvalue weighted by Gasteiger charge is -2.01. The summed E-state index contributed by atoms with van der Waals surface area (Å²) in [5.41, 5.74) is 2.14. The maximum Gasteiger partial charge on any atom is 0.157 e. The van der Waals surface area contributed by atoms with E-state index in [0.717, 1.165) is 23.8 Å². The van der Waals surface area contributed by atoms with Crippen molar-refractivity contribution >= 4 is 17.2 Å². The van der Waals surface area contributed by atoms with Gasteiger partial charge in [-0.25, -0.2) is 9.50 Å².